The molecule has 0 rings (SSSR count). The van der Waals surface area contributed by atoms with Gasteiger partial charge in [0.2, 0.25) is 0 Å². The van der Waals surface area contributed by atoms with Crippen LogP contribution in [0.4, 0.5) is 0 Å². The maximum atomic E-state index is 3.77. The van der Waals surface area contributed by atoms with E-state index in [0.717, 1.165) is 11.1 Å². The van der Waals surface area contributed by atoms with Crippen LogP contribution in [-0.4, -0.2) is 0 Å². The van der Waals surface area contributed by atoms with Gasteiger partial charge in [-0.05, 0) is 19.4 Å². The fourth-order valence-electron chi connectivity index (χ4n) is 0.652. The zero-order valence-electron chi connectivity index (χ0n) is 6.72. The molecule has 0 saturated carbocycles. The first-order chi connectivity index (χ1) is 4.70. The van der Waals surface area contributed by atoms with Crippen molar-refractivity contribution in [2.45, 2.75) is 13.8 Å². The molecule has 0 heterocycles. The van der Waals surface area contributed by atoms with Crippen molar-refractivity contribution in [2.24, 2.45) is 0 Å². The molecule has 0 fully saturated rings. The van der Waals surface area contributed by atoms with Crippen LogP contribution in [0.1, 0.15) is 13.8 Å². The van der Waals surface area contributed by atoms with E-state index in [-0.39, 0.29) is 0 Å². The van der Waals surface area contributed by atoms with Crippen LogP contribution in [0.5, 0.6) is 0 Å². The van der Waals surface area contributed by atoms with Crippen molar-refractivity contribution < 1.29 is 0 Å². The Morgan fingerprint density at radius 1 is 1.40 bits per heavy atom. The molecule has 0 aromatic carbocycles. The SMILES string of the molecule is C=CC(C=CC)=CC(=C)C. The first-order valence-electron chi connectivity index (χ1n) is 3.33. The Bertz CT molecular complexity index is 180. The minimum atomic E-state index is 1.05. The van der Waals surface area contributed by atoms with Crippen molar-refractivity contribution in [3.8, 4) is 0 Å². The highest BCUT2D eigenvalue weighted by Gasteiger charge is 1.81. The average molecular weight is 134 g/mol. The molecule has 54 valence electrons. The normalized spacial score (nSPS) is 12.0. The van der Waals surface area contributed by atoms with E-state index < -0.39 is 0 Å². The first kappa shape index (κ1) is 8.96. The topological polar surface area (TPSA) is 0 Å². The van der Waals surface area contributed by atoms with E-state index in [0.29, 0.717) is 0 Å². The molecule has 0 aliphatic rings. The fourth-order valence-corrected chi connectivity index (χ4v) is 0.652. The smallest absolute Gasteiger partial charge is 0.0263 e. The minimum absolute atomic E-state index is 1.05. The largest absolute Gasteiger partial charge is 0.0985 e. The van der Waals surface area contributed by atoms with Crippen LogP contribution in [0.3, 0.4) is 0 Å². The van der Waals surface area contributed by atoms with Crippen molar-refractivity contribution in [1.82, 2.24) is 0 Å². The molecule has 0 spiro atoms. The number of hydrogen-bond donors (Lipinski definition) is 0. The van der Waals surface area contributed by atoms with Crippen LogP contribution in [-0.2, 0) is 0 Å². The molecule has 0 aromatic rings. The van der Waals surface area contributed by atoms with Gasteiger partial charge in [-0.3, -0.25) is 0 Å². The van der Waals surface area contributed by atoms with Crippen LogP contribution >= 0.6 is 0 Å². The van der Waals surface area contributed by atoms with Crippen LogP contribution < -0.4 is 0 Å². The van der Waals surface area contributed by atoms with Crippen LogP contribution in [0.15, 0.2) is 48.6 Å². The Kier molecular flexibility index (Phi) is 4.30. The lowest BCUT2D eigenvalue weighted by molar-refractivity contribution is 1.51. The Balaban J connectivity index is 4.33. The number of allylic oxidation sites excluding steroid dienone is 6. The second kappa shape index (κ2) is 4.80. The van der Waals surface area contributed by atoms with Gasteiger partial charge in [-0.15, -0.1) is 0 Å². The first-order valence-corrected chi connectivity index (χ1v) is 3.33. The lowest BCUT2D eigenvalue weighted by Crippen LogP contribution is -1.70. The van der Waals surface area contributed by atoms with Crippen molar-refractivity contribution in [3.63, 3.8) is 0 Å². The molecule has 0 aromatic heterocycles. The van der Waals surface area contributed by atoms with Gasteiger partial charge in [0.05, 0.1) is 0 Å². The van der Waals surface area contributed by atoms with Crippen LogP contribution in [0.2, 0.25) is 0 Å². The zero-order chi connectivity index (χ0) is 7.98. The predicted molar refractivity (Wildman–Crippen MR) is 47.9 cm³/mol. The van der Waals surface area contributed by atoms with Crippen molar-refractivity contribution in [3.05, 3.63) is 48.6 Å². The lowest BCUT2D eigenvalue weighted by Gasteiger charge is -1.91. The highest BCUT2D eigenvalue weighted by Crippen LogP contribution is 2.02. The second-order valence-electron chi connectivity index (χ2n) is 2.19. The summed E-state index contributed by atoms with van der Waals surface area (Å²) < 4.78 is 0. The third-order valence-corrected chi connectivity index (χ3v) is 1.01. The van der Waals surface area contributed by atoms with E-state index >= 15 is 0 Å². The number of hydrogen-bond acceptors (Lipinski definition) is 0. The van der Waals surface area contributed by atoms with Gasteiger partial charge in [0.15, 0.2) is 0 Å². The Morgan fingerprint density at radius 2 is 2.00 bits per heavy atom. The van der Waals surface area contributed by atoms with Gasteiger partial charge < -0.3 is 0 Å². The van der Waals surface area contributed by atoms with E-state index in [9.17, 15) is 0 Å². The maximum Gasteiger partial charge on any atom is -0.0263 e. The maximum absolute atomic E-state index is 3.77. The van der Waals surface area contributed by atoms with Gasteiger partial charge in [-0.25, -0.2) is 0 Å². The van der Waals surface area contributed by atoms with Gasteiger partial charge >= 0.3 is 0 Å². The molecule has 0 bridgehead atoms. The second-order valence-corrected chi connectivity index (χ2v) is 2.19. The van der Waals surface area contributed by atoms with Gasteiger partial charge in [0.25, 0.3) is 0 Å². The molecule has 0 unspecified atom stereocenters. The fraction of sp³-hybridized carbons (Fsp3) is 0.200. The monoisotopic (exact) mass is 134 g/mol. The summed E-state index contributed by atoms with van der Waals surface area (Å²) in [7, 11) is 0. The highest BCUT2D eigenvalue weighted by atomic mass is 13.9. The van der Waals surface area contributed by atoms with Gasteiger partial charge in [0.1, 0.15) is 0 Å². The lowest BCUT2D eigenvalue weighted by atomic mass is 10.2. The summed E-state index contributed by atoms with van der Waals surface area (Å²) in [6, 6.07) is 0. The minimum Gasteiger partial charge on any atom is -0.0985 e. The molecule has 0 saturated heterocycles. The van der Waals surface area contributed by atoms with E-state index in [1.807, 2.05) is 38.2 Å². The van der Waals surface area contributed by atoms with Gasteiger partial charge in [-0.2, -0.15) is 0 Å². The van der Waals surface area contributed by atoms with Gasteiger partial charge in [0, 0.05) is 0 Å². The molecule has 0 heteroatoms. The molecule has 0 nitrogen and oxygen atoms in total. The third-order valence-electron chi connectivity index (χ3n) is 1.01. The summed E-state index contributed by atoms with van der Waals surface area (Å²) in [6.45, 7) is 11.4. The summed E-state index contributed by atoms with van der Waals surface area (Å²) in [6.07, 6.45) is 7.79. The molecular formula is C10H14. The third kappa shape index (κ3) is 3.90. The summed E-state index contributed by atoms with van der Waals surface area (Å²) in [4.78, 5) is 0. The molecule has 0 aliphatic carbocycles. The quantitative estimate of drug-likeness (QED) is 0.520. The van der Waals surface area contributed by atoms with Crippen LogP contribution in [0.25, 0.3) is 0 Å². The average Bonchev–Trinajstić information content (AvgIpc) is 1.86. The number of rotatable bonds is 3. The van der Waals surface area contributed by atoms with Crippen LogP contribution in [0, 0.1) is 0 Å². The van der Waals surface area contributed by atoms with Crippen molar-refractivity contribution in [1.29, 1.82) is 0 Å². The molecule has 0 amide bonds. The summed E-state index contributed by atoms with van der Waals surface area (Å²) in [5, 5.41) is 0. The molecule has 0 atom stereocenters. The Labute approximate surface area is 63.3 Å². The van der Waals surface area contributed by atoms with E-state index in [1.54, 1.807) is 0 Å². The molecule has 0 aliphatic heterocycles. The molecule has 10 heavy (non-hydrogen) atoms. The zero-order valence-corrected chi connectivity index (χ0v) is 6.72. The van der Waals surface area contributed by atoms with Gasteiger partial charge in [-0.1, -0.05) is 43.0 Å². The summed E-state index contributed by atoms with van der Waals surface area (Å²) in [5.41, 5.74) is 2.16. The highest BCUT2D eigenvalue weighted by molar-refractivity contribution is 5.34. The Morgan fingerprint density at radius 3 is 2.30 bits per heavy atom. The molecule has 0 N–H and O–H groups in total. The van der Waals surface area contributed by atoms with E-state index in [4.69, 9.17) is 0 Å². The standard InChI is InChI=1S/C10H14/c1-5-7-10(6-2)8-9(3)4/h5-8H,2-3H2,1,4H3. The van der Waals surface area contributed by atoms with E-state index in [2.05, 4.69) is 13.2 Å². The molecular weight excluding hydrogens is 120 g/mol. The predicted octanol–water partition coefficient (Wildman–Crippen LogP) is 3.25. The van der Waals surface area contributed by atoms with E-state index in [1.165, 1.54) is 0 Å². The van der Waals surface area contributed by atoms with Crippen molar-refractivity contribution >= 4 is 0 Å². The molecule has 0 radical (unpaired) electrons. The summed E-state index contributed by atoms with van der Waals surface area (Å²) in [5.74, 6) is 0. The Hall–Kier alpha value is -1.04. The van der Waals surface area contributed by atoms with Crippen molar-refractivity contribution in [2.75, 3.05) is 0 Å². The summed E-state index contributed by atoms with van der Waals surface area (Å²) >= 11 is 0.